The minimum Gasteiger partial charge on any atom is -0.482 e. The largest absolute Gasteiger partial charge is 0.482 e. The fourth-order valence-electron chi connectivity index (χ4n) is 3.28. The van der Waals surface area contributed by atoms with Gasteiger partial charge in [0.2, 0.25) is 0 Å². The van der Waals surface area contributed by atoms with Crippen LogP contribution in [0.1, 0.15) is 39.1 Å². The van der Waals surface area contributed by atoms with E-state index in [0.29, 0.717) is 36.4 Å². The van der Waals surface area contributed by atoms with E-state index < -0.39 is 18.6 Å². The monoisotopic (exact) mass is 382 g/mol. The first kappa shape index (κ1) is 19.6. The highest BCUT2D eigenvalue weighted by Crippen LogP contribution is 2.24. The number of ether oxygens (including phenoxy) is 1. The molecule has 0 unspecified atom stereocenters. The molecule has 0 bridgehead atoms. The molecule has 1 atom stereocenters. The maximum atomic E-state index is 12.9. The Morgan fingerprint density at radius 1 is 1.04 bits per heavy atom. The number of aliphatic carboxylic acids is 1. The maximum absolute atomic E-state index is 12.9. The lowest BCUT2D eigenvalue weighted by Gasteiger charge is -2.24. The topological polar surface area (TPSA) is 110 Å². The average molecular weight is 382 g/mol. The molecule has 1 amide bonds. The van der Waals surface area contributed by atoms with Crippen LogP contribution in [0.5, 0.6) is 5.75 Å². The van der Waals surface area contributed by atoms with Crippen LogP contribution >= 0.6 is 0 Å². The number of carboxylic acid groups (broad SMARTS) is 1. The third-order valence-corrected chi connectivity index (χ3v) is 4.75. The van der Waals surface area contributed by atoms with Crippen molar-refractivity contribution in [1.29, 1.82) is 0 Å². The predicted molar refractivity (Wildman–Crippen MR) is 102 cm³/mol. The van der Waals surface area contributed by atoms with Gasteiger partial charge < -0.3 is 20.5 Å². The molecular weight excluding hydrogens is 360 g/mol. The van der Waals surface area contributed by atoms with Crippen LogP contribution < -0.4 is 10.5 Å². The van der Waals surface area contributed by atoms with E-state index in [1.165, 1.54) is 0 Å². The molecule has 146 valence electrons. The highest BCUT2D eigenvalue weighted by atomic mass is 16.5. The zero-order valence-corrected chi connectivity index (χ0v) is 15.3. The Bertz CT molecular complexity index is 861. The van der Waals surface area contributed by atoms with E-state index in [-0.39, 0.29) is 11.7 Å². The fourth-order valence-corrected chi connectivity index (χ4v) is 3.28. The number of carbonyl (C=O) groups is 3. The highest BCUT2D eigenvalue weighted by molar-refractivity contribution is 6.04. The molecule has 0 aromatic heterocycles. The number of likely N-dealkylation sites (tertiary alicyclic amines) is 1. The SMILES string of the molecule is NCc1ccc(C(=O)N2CCC[C@@H]2C(=O)c2ccc(OCC(=O)O)cc2)cc1. The highest BCUT2D eigenvalue weighted by Gasteiger charge is 2.34. The predicted octanol–water partition coefficient (Wildman–Crippen LogP) is 2.10. The number of ketones is 1. The summed E-state index contributed by atoms with van der Waals surface area (Å²) in [7, 11) is 0. The molecule has 3 N–H and O–H groups in total. The van der Waals surface area contributed by atoms with Crippen LogP contribution in [0.4, 0.5) is 0 Å². The lowest BCUT2D eigenvalue weighted by molar-refractivity contribution is -0.139. The average Bonchev–Trinajstić information content (AvgIpc) is 3.21. The van der Waals surface area contributed by atoms with E-state index in [0.717, 1.165) is 12.0 Å². The van der Waals surface area contributed by atoms with Gasteiger partial charge in [-0.1, -0.05) is 12.1 Å². The van der Waals surface area contributed by atoms with Gasteiger partial charge in [0.1, 0.15) is 5.75 Å². The van der Waals surface area contributed by atoms with Crippen molar-refractivity contribution >= 4 is 17.7 Å². The van der Waals surface area contributed by atoms with Crippen LogP contribution in [0, 0.1) is 0 Å². The van der Waals surface area contributed by atoms with Gasteiger partial charge in [-0.3, -0.25) is 9.59 Å². The van der Waals surface area contributed by atoms with E-state index in [1.54, 1.807) is 41.3 Å². The molecule has 0 aliphatic carbocycles. The van der Waals surface area contributed by atoms with Crippen molar-refractivity contribution < 1.29 is 24.2 Å². The van der Waals surface area contributed by atoms with Crippen LogP contribution in [0.25, 0.3) is 0 Å². The third kappa shape index (κ3) is 4.37. The smallest absolute Gasteiger partial charge is 0.341 e. The number of amides is 1. The molecule has 1 aliphatic rings. The molecule has 7 nitrogen and oxygen atoms in total. The van der Waals surface area contributed by atoms with E-state index in [1.807, 2.05) is 12.1 Å². The Morgan fingerprint density at radius 3 is 2.29 bits per heavy atom. The summed E-state index contributed by atoms with van der Waals surface area (Å²) in [5.74, 6) is -0.992. The second kappa shape index (κ2) is 8.67. The van der Waals surface area contributed by atoms with Crippen LogP contribution in [0.15, 0.2) is 48.5 Å². The number of hydrogen-bond donors (Lipinski definition) is 2. The minimum atomic E-state index is -1.07. The molecular formula is C21H22N2O5. The summed E-state index contributed by atoms with van der Waals surface area (Å²) in [6.07, 6.45) is 1.38. The number of benzene rings is 2. The summed E-state index contributed by atoms with van der Waals surface area (Å²) in [5.41, 5.74) is 7.53. The Hall–Kier alpha value is -3.19. The number of nitrogens with zero attached hydrogens (tertiary/aromatic N) is 1. The van der Waals surface area contributed by atoms with Gasteiger partial charge in [0.15, 0.2) is 12.4 Å². The lowest BCUT2D eigenvalue weighted by atomic mass is 10.0. The zero-order valence-electron chi connectivity index (χ0n) is 15.3. The Morgan fingerprint density at radius 2 is 1.68 bits per heavy atom. The summed E-state index contributed by atoms with van der Waals surface area (Å²) < 4.78 is 5.08. The first-order chi connectivity index (χ1) is 13.5. The van der Waals surface area contributed by atoms with Gasteiger partial charge in [0.05, 0.1) is 6.04 Å². The molecule has 1 heterocycles. The molecule has 3 rings (SSSR count). The van der Waals surface area contributed by atoms with Crippen molar-refractivity contribution in [2.75, 3.05) is 13.2 Å². The Labute approximate surface area is 162 Å². The molecule has 28 heavy (non-hydrogen) atoms. The number of carbonyl (C=O) groups excluding carboxylic acids is 2. The van der Waals surface area contributed by atoms with E-state index in [9.17, 15) is 14.4 Å². The first-order valence-electron chi connectivity index (χ1n) is 9.08. The van der Waals surface area contributed by atoms with Crippen LogP contribution in [0.2, 0.25) is 0 Å². The molecule has 7 heteroatoms. The van der Waals surface area contributed by atoms with Crippen molar-refractivity contribution in [2.45, 2.75) is 25.4 Å². The number of Topliss-reactive ketones (excluding diaryl/α,β-unsaturated/α-hetero) is 1. The normalized spacial score (nSPS) is 16.0. The van der Waals surface area contributed by atoms with E-state index >= 15 is 0 Å². The molecule has 2 aromatic carbocycles. The minimum absolute atomic E-state index is 0.130. The second-order valence-corrected chi connectivity index (χ2v) is 6.63. The maximum Gasteiger partial charge on any atom is 0.341 e. The van der Waals surface area contributed by atoms with Crippen LogP contribution in [-0.2, 0) is 11.3 Å². The molecule has 0 radical (unpaired) electrons. The van der Waals surface area contributed by atoms with Crippen LogP contribution in [0.3, 0.4) is 0 Å². The van der Waals surface area contributed by atoms with Crippen molar-refractivity contribution in [3.63, 3.8) is 0 Å². The van der Waals surface area contributed by atoms with E-state index in [4.69, 9.17) is 15.6 Å². The third-order valence-electron chi connectivity index (χ3n) is 4.75. The van der Waals surface area contributed by atoms with Gasteiger partial charge in [0.25, 0.3) is 5.91 Å². The Balaban J connectivity index is 1.71. The summed E-state index contributed by atoms with van der Waals surface area (Å²) in [5, 5.41) is 8.64. The zero-order chi connectivity index (χ0) is 20.1. The quantitative estimate of drug-likeness (QED) is 0.710. The molecule has 2 aromatic rings. The molecule has 0 spiro atoms. The van der Waals surface area contributed by atoms with Crippen molar-refractivity contribution in [3.8, 4) is 5.75 Å². The van der Waals surface area contributed by atoms with Crippen molar-refractivity contribution in [3.05, 3.63) is 65.2 Å². The number of rotatable bonds is 7. The lowest BCUT2D eigenvalue weighted by Crippen LogP contribution is -2.40. The fraction of sp³-hybridized carbons (Fsp3) is 0.286. The summed E-state index contributed by atoms with van der Waals surface area (Å²) in [6.45, 7) is 0.500. The number of nitrogens with two attached hydrogens (primary N) is 1. The standard InChI is InChI=1S/C21H22N2O5/c22-12-14-3-5-16(6-4-14)21(27)23-11-1-2-18(23)20(26)15-7-9-17(10-8-15)28-13-19(24)25/h3-10,18H,1-2,11-13,22H2,(H,24,25)/t18-/m1/s1. The molecule has 1 aliphatic heterocycles. The molecule has 1 fully saturated rings. The Kier molecular flexibility index (Phi) is 6.06. The van der Waals surface area contributed by atoms with Crippen molar-refractivity contribution in [2.24, 2.45) is 5.73 Å². The molecule has 1 saturated heterocycles. The summed E-state index contributed by atoms with van der Waals surface area (Å²) >= 11 is 0. The van der Waals surface area contributed by atoms with Gasteiger partial charge in [-0.2, -0.15) is 0 Å². The number of hydrogen-bond acceptors (Lipinski definition) is 5. The summed E-state index contributed by atoms with van der Waals surface area (Å²) in [6, 6.07) is 12.9. The first-order valence-corrected chi connectivity index (χ1v) is 9.08. The van der Waals surface area contributed by atoms with Crippen molar-refractivity contribution in [1.82, 2.24) is 4.90 Å². The van der Waals surface area contributed by atoms with Crippen LogP contribution in [-0.4, -0.2) is 46.9 Å². The number of carboxylic acids is 1. The van der Waals surface area contributed by atoms with Gasteiger partial charge in [-0.25, -0.2) is 4.79 Å². The van der Waals surface area contributed by atoms with E-state index in [2.05, 4.69) is 0 Å². The second-order valence-electron chi connectivity index (χ2n) is 6.63. The van der Waals surface area contributed by atoms with Gasteiger partial charge >= 0.3 is 5.97 Å². The van der Waals surface area contributed by atoms with Gasteiger partial charge in [-0.05, 0) is 54.8 Å². The van der Waals surface area contributed by atoms with Gasteiger partial charge in [0, 0.05) is 24.2 Å². The summed E-state index contributed by atoms with van der Waals surface area (Å²) in [4.78, 5) is 38.0. The molecule has 0 saturated carbocycles. The van der Waals surface area contributed by atoms with Gasteiger partial charge in [-0.15, -0.1) is 0 Å².